The topological polar surface area (TPSA) is 121 Å². The molecule has 0 aromatic heterocycles. The van der Waals surface area contributed by atoms with Crippen LogP contribution in [0.4, 0.5) is 0 Å². The predicted molar refractivity (Wildman–Crippen MR) is 57.3 cm³/mol. The van der Waals surface area contributed by atoms with Crippen LogP contribution < -0.4 is 0 Å². The molecule has 1 rings (SSSR count). The lowest BCUT2D eigenvalue weighted by Gasteiger charge is -2.26. The highest BCUT2D eigenvalue weighted by atomic mass is 16.5. The zero-order valence-electron chi connectivity index (χ0n) is 10.0. The average Bonchev–Trinajstić information content (AvgIpc) is 2.51. The van der Waals surface area contributed by atoms with Gasteiger partial charge in [-0.05, 0) is 6.92 Å². The fraction of sp³-hybridized carbons (Fsp3) is 0.727. The molecule has 0 heterocycles. The highest BCUT2D eigenvalue weighted by Crippen LogP contribution is 2.43. The number of aliphatic hydroxyl groups excluding tert-OH is 2. The third-order valence-corrected chi connectivity index (χ3v) is 3.59. The van der Waals surface area contributed by atoms with Crippen LogP contribution in [0, 0.1) is 17.8 Å². The maximum Gasteiger partial charge on any atom is 0.316 e. The standard InChI is InChI=1S/C11H16O7/c1-11(17)6(4-13)7(8(14)9(11)15)5(3-12)10(16)18-2/h3-9,14-15,17H,1-2H3/t5?,6-,7+,8-,9-,11+/m0/s1. The van der Waals surface area contributed by atoms with E-state index in [2.05, 4.69) is 4.74 Å². The highest BCUT2D eigenvalue weighted by Gasteiger charge is 2.60. The summed E-state index contributed by atoms with van der Waals surface area (Å²) in [6.07, 6.45) is -2.62. The van der Waals surface area contributed by atoms with E-state index in [9.17, 15) is 29.7 Å². The first-order chi connectivity index (χ1) is 8.32. The Morgan fingerprint density at radius 2 is 1.94 bits per heavy atom. The number of esters is 1. The summed E-state index contributed by atoms with van der Waals surface area (Å²) < 4.78 is 4.40. The van der Waals surface area contributed by atoms with Gasteiger partial charge in [0, 0.05) is 5.92 Å². The molecule has 1 unspecified atom stereocenters. The van der Waals surface area contributed by atoms with Gasteiger partial charge >= 0.3 is 5.97 Å². The summed E-state index contributed by atoms with van der Waals surface area (Å²) in [5.74, 6) is -4.79. The highest BCUT2D eigenvalue weighted by molar-refractivity contribution is 5.89. The number of carbonyl (C=O) groups is 3. The molecule has 0 aromatic rings. The van der Waals surface area contributed by atoms with Crippen LogP contribution in [0.5, 0.6) is 0 Å². The van der Waals surface area contributed by atoms with Crippen molar-refractivity contribution in [3.8, 4) is 0 Å². The van der Waals surface area contributed by atoms with Crippen LogP contribution in [0.1, 0.15) is 6.92 Å². The van der Waals surface area contributed by atoms with Crippen molar-refractivity contribution in [2.24, 2.45) is 17.8 Å². The number of rotatable bonds is 4. The van der Waals surface area contributed by atoms with Crippen molar-refractivity contribution in [1.82, 2.24) is 0 Å². The summed E-state index contributed by atoms with van der Waals surface area (Å²) in [7, 11) is 1.06. The Hall–Kier alpha value is -1.31. The van der Waals surface area contributed by atoms with E-state index in [4.69, 9.17) is 0 Å². The van der Waals surface area contributed by atoms with Crippen LogP contribution in [0.15, 0.2) is 0 Å². The first-order valence-electron chi connectivity index (χ1n) is 5.39. The van der Waals surface area contributed by atoms with Gasteiger partial charge in [0.25, 0.3) is 0 Å². The van der Waals surface area contributed by atoms with Crippen LogP contribution in [0.3, 0.4) is 0 Å². The maximum absolute atomic E-state index is 11.4. The van der Waals surface area contributed by atoms with Crippen molar-refractivity contribution in [2.75, 3.05) is 7.11 Å². The Labute approximate surface area is 103 Å². The lowest BCUT2D eigenvalue weighted by molar-refractivity contribution is -0.152. The van der Waals surface area contributed by atoms with Crippen LogP contribution in [-0.4, -0.2) is 58.8 Å². The smallest absolute Gasteiger partial charge is 0.316 e. The molecule has 0 bridgehead atoms. The summed E-state index contributed by atoms with van der Waals surface area (Å²) in [4.78, 5) is 33.3. The van der Waals surface area contributed by atoms with E-state index in [-0.39, 0.29) is 6.29 Å². The summed E-state index contributed by atoms with van der Waals surface area (Å²) in [5, 5.41) is 29.4. The number of hydrogen-bond donors (Lipinski definition) is 3. The molecule has 6 atom stereocenters. The van der Waals surface area contributed by atoms with Crippen LogP contribution in [0.25, 0.3) is 0 Å². The number of methoxy groups -OCH3 is 1. The fourth-order valence-corrected chi connectivity index (χ4v) is 2.46. The quantitative estimate of drug-likeness (QED) is 0.300. The molecule has 0 amide bonds. The van der Waals surface area contributed by atoms with Gasteiger partial charge < -0.3 is 29.6 Å². The summed E-state index contributed by atoms with van der Waals surface area (Å²) in [6, 6.07) is 0. The number of carbonyl (C=O) groups excluding carboxylic acids is 3. The Kier molecular flexibility index (Phi) is 4.20. The molecule has 18 heavy (non-hydrogen) atoms. The third kappa shape index (κ3) is 2.05. The number of ether oxygens (including phenoxy) is 1. The number of hydrogen-bond acceptors (Lipinski definition) is 7. The Balaban J connectivity index is 3.16. The minimum Gasteiger partial charge on any atom is -0.468 e. The van der Waals surface area contributed by atoms with Crippen LogP contribution in [0.2, 0.25) is 0 Å². The van der Waals surface area contributed by atoms with Crippen LogP contribution >= 0.6 is 0 Å². The molecule has 0 aliphatic heterocycles. The first kappa shape index (κ1) is 14.7. The zero-order valence-corrected chi connectivity index (χ0v) is 10.0. The lowest BCUT2D eigenvalue weighted by Crippen LogP contribution is -2.43. The van der Waals surface area contributed by atoms with Gasteiger partial charge in [-0.15, -0.1) is 0 Å². The second-order valence-corrected chi connectivity index (χ2v) is 4.59. The molecule has 0 saturated heterocycles. The van der Waals surface area contributed by atoms with E-state index in [1.807, 2.05) is 0 Å². The largest absolute Gasteiger partial charge is 0.468 e. The van der Waals surface area contributed by atoms with Crippen molar-refractivity contribution in [3.63, 3.8) is 0 Å². The maximum atomic E-state index is 11.4. The van der Waals surface area contributed by atoms with E-state index >= 15 is 0 Å². The Bertz CT molecular complexity index is 351. The molecule has 7 heteroatoms. The molecule has 1 fully saturated rings. The van der Waals surface area contributed by atoms with Gasteiger partial charge in [0.05, 0.1) is 19.1 Å². The van der Waals surface area contributed by atoms with E-state index in [0.717, 1.165) is 7.11 Å². The molecule has 0 spiro atoms. The minimum atomic E-state index is -1.90. The van der Waals surface area contributed by atoms with Crippen molar-refractivity contribution < 1.29 is 34.4 Å². The van der Waals surface area contributed by atoms with E-state index in [1.165, 1.54) is 6.92 Å². The molecule has 1 aliphatic carbocycles. The lowest BCUT2D eigenvalue weighted by atomic mass is 9.80. The second kappa shape index (κ2) is 5.13. The Morgan fingerprint density at radius 1 is 1.39 bits per heavy atom. The van der Waals surface area contributed by atoms with Crippen molar-refractivity contribution in [2.45, 2.75) is 24.7 Å². The fourth-order valence-electron chi connectivity index (χ4n) is 2.46. The Morgan fingerprint density at radius 3 is 2.33 bits per heavy atom. The number of aldehydes is 2. The van der Waals surface area contributed by atoms with E-state index < -0.39 is 41.5 Å². The van der Waals surface area contributed by atoms with Gasteiger partial charge in [0.15, 0.2) is 0 Å². The predicted octanol–water partition coefficient (Wildman–Crippen LogP) is -2.11. The van der Waals surface area contributed by atoms with Crippen LogP contribution in [-0.2, 0) is 19.1 Å². The molecule has 1 aliphatic rings. The monoisotopic (exact) mass is 260 g/mol. The van der Waals surface area contributed by atoms with Gasteiger partial charge in [-0.2, -0.15) is 0 Å². The van der Waals surface area contributed by atoms with Gasteiger partial charge in [-0.25, -0.2) is 0 Å². The molecule has 7 nitrogen and oxygen atoms in total. The van der Waals surface area contributed by atoms with Gasteiger partial charge in [0.2, 0.25) is 0 Å². The van der Waals surface area contributed by atoms with E-state index in [1.54, 1.807) is 0 Å². The third-order valence-electron chi connectivity index (χ3n) is 3.59. The summed E-state index contributed by atoms with van der Waals surface area (Å²) in [6.45, 7) is 1.17. The summed E-state index contributed by atoms with van der Waals surface area (Å²) in [5.41, 5.74) is -1.90. The molecule has 0 radical (unpaired) electrons. The summed E-state index contributed by atoms with van der Waals surface area (Å²) >= 11 is 0. The van der Waals surface area contributed by atoms with Gasteiger partial charge in [-0.3, -0.25) is 4.79 Å². The van der Waals surface area contributed by atoms with E-state index in [0.29, 0.717) is 6.29 Å². The molecule has 3 N–H and O–H groups in total. The second-order valence-electron chi connectivity index (χ2n) is 4.59. The molecule has 102 valence electrons. The zero-order chi connectivity index (χ0) is 14.1. The molecule has 0 aromatic carbocycles. The SMILES string of the molecule is COC(=O)C(C=O)[C@H]1[C@H](O)[C@H](O)[C@](C)(O)[C@H]1C=O. The van der Waals surface area contributed by atoms with Crippen molar-refractivity contribution in [1.29, 1.82) is 0 Å². The van der Waals surface area contributed by atoms with Crippen molar-refractivity contribution in [3.05, 3.63) is 0 Å². The van der Waals surface area contributed by atoms with Gasteiger partial charge in [-0.1, -0.05) is 0 Å². The molecule has 1 saturated carbocycles. The number of aliphatic hydroxyl groups is 3. The van der Waals surface area contributed by atoms with Gasteiger partial charge in [0.1, 0.15) is 30.2 Å². The molecular weight excluding hydrogens is 244 g/mol. The first-order valence-corrected chi connectivity index (χ1v) is 5.39. The normalized spacial score (nSPS) is 41.2. The molecular formula is C11H16O7. The van der Waals surface area contributed by atoms with Crippen molar-refractivity contribution >= 4 is 18.5 Å². The average molecular weight is 260 g/mol. The minimum absolute atomic E-state index is 0.240.